The Labute approximate surface area is 198 Å². The maximum Gasteiger partial charge on any atom is 0.262 e. The van der Waals surface area contributed by atoms with Crippen molar-refractivity contribution in [2.24, 2.45) is 0 Å². The van der Waals surface area contributed by atoms with Gasteiger partial charge >= 0.3 is 0 Å². The molecule has 0 unspecified atom stereocenters. The van der Waals surface area contributed by atoms with Crippen molar-refractivity contribution >= 4 is 22.2 Å². The Bertz CT molecular complexity index is 1140. The molecular formula is C26H28N2O4S. The lowest BCUT2D eigenvalue weighted by Crippen LogP contribution is -2.40. The number of benzene rings is 2. The molecule has 33 heavy (non-hydrogen) atoms. The van der Waals surface area contributed by atoms with Crippen LogP contribution < -0.4 is 19.7 Å². The fourth-order valence-corrected chi connectivity index (χ4v) is 5.30. The van der Waals surface area contributed by atoms with Gasteiger partial charge in [-0.2, -0.15) is 0 Å². The van der Waals surface area contributed by atoms with Gasteiger partial charge in [0.2, 0.25) is 0 Å². The van der Waals surface area contributed by atoms with Crippen LogP contribution in [0.5, 0.6) is 11.5 Å². The van der Waals surface area contributed by atoms with Gasteiger partial charge in [-0.05, 0) is 43.2 Å². The number of hydrogen-bond acceptors (Lipinski definition) is 6. The molecule has 3 heterocycles. The standard InChI is InChI=1S/C26H28N2O4S/c1-26(2,19-8-9-21-22(16-19)32-15-14-31-21)27-24(29)23-17-20(18-6-4-3-5-7-18)25(33-23)28-10-12-30-13-11-28/h3-9,16-17H,10-15H2,1-2H3,(H,27,29). The SMILES string of the molecule is CC(C)(NC(=O)c1cc(-c2ccccc2)c(N2CCOCC2)s1)c1ccc2c(c1)OCCO2. The van der Waals surface area contributed by atoms with Crippen molar-refractivity contribution in [2.75, 3.05) is 44.4 Å². The monoisotopic (exact) mass is 464 g/mol. The van der Waals surface area contributed by atoms with E-state index < -0.39 is 5.54 Å². The first-order valence-corrected chi connectivity index (χ1v) is 12.1. The van der Waals surface area contributed by atoms with E-state index in [2.05, 4.69) is 22.3 Å². The summed E-state index contributed by atoms with van der Waals surface area (Å²) in [5.41, 5.74) is 2.58. The Morgan fingerprint density at radius 2 is 1.67 bits per heavy atom. The molecule has 7 heteroatoms. The quantitative estimate of drug-likeness (QED) is 0.594. The average molecular weight is 465 g/mol. The van der Waals surface area contributed by atoms with Crippen molar-refractivity contribution in [3.8, 4) is 22.6 Å². The third-order valence-electron chi connectivity index (χ3n) is 6.01. The van der Waals surface area contributed by atoms with Crippen LogP contribution in [-0.2, 0) is 10.3 Å². The van der Waals surface area contributed by atoms with Gasteiger partial charge < -0.3 is 24.4 Å². The second-order valence-corrected chi connectivity index (χ2v) is 9.76. The minimum Gasteiger partial charge on any atom is -0.486 e. The smallest absolute Gasteiger partial charge is 0.262 e. The molecule has 3 aromatic rings. The lowest BCUT2D eigenvalue weighted by Gasteiger charge is -2.29. The Morgan fingerprint density at radius 3 is 2.42 bits per heavy atom. The molecule has 172 valence electrons. The molecule has 2 aromatic carbocycles. The third kappa shape index (κ3) is 4.56. The zero-order chi connectivity index (χ0) is 22.8. The molecule has 2 aliphatic heterocycles. The Morgan fingerprint density at radius 1 is 0.939 bits per heavy atom. The largest absolute Gasteiger partial charge is 0.486 e. The average Bonchev–Trinajstić information content (AvgIpc) is 3.30. The summed E-state index contributed by atoms with van der Waals surface area (Å²) in [7, 11) is 0. The fourth-order valence-electron chi connectivity index (χ4n) is 4.17. The second kappa shape index (κ2) is 9.08. The molecule has 0 bridgehead atoms. The second-order valence-electron chi connectivity index (χ2n) is 8.73. The number of nitrogens with one attached hydrogen (secondary N) is 1. The molecule has 1 N–H and O–H groups in total. The zero-order valence-electron chi connectivity index (χ0n) is 18.9. The van der Waals surface area contributed by atoms with Crippen LogP contribution in [0.15, 0.2) is 54.6 Å². The number of amides is 1. The summed E-state index contributed by atoms with van der Waals surface area (Å²) in [6.45, 7) is 8.14. The van der Waals surface area contributed by atoms with Gasteiger partial charge in [0.05, 0.1) is 28.6 Å². The number of thiophene rings is 1. The molecule has 5 rings (SSSR count). The van der Waals surface area contributed by atoms with Gasteiger partial charge in [-0.3, -0.25) is 4.79 Å². The normalized spacial score (nSPS) is 15.9. The molecule has 0 saturated carbocycles. The van der Waals surface area contributed by atoms with E-state index in [-0.39, 0.29) is 5.91 Å². The number of ether oxygens (including phenoxy) is 3. The summed E-state index contributed by atoms with van der Waals surface area (Å²) in [6.07, 6.45) is 0. The molecule has 2 aliphatic rings. The minimum atomic E-state index is -0.580. The van der Waals surface area contributed by atoms with Crippen molar-refractivity contribution in [1.82, 2.24) is 5.32 Å². The Hall–Kier alpha value is -3.03. The topological polar surface area (TPSA) is 60.0 Å². The van der Waals surface area contributed by atoms with E-state index in [1.165, 1.54) is 0 Å². The lowest BCUT2D eigenvalue weighted by atomic mass is 9.93. The Kier molecular flexibility index (Phi) is 6.00. The summed E-state index contributed by atoms with van der Waals surface area (Å²) in [5.74, 6) is 1.38. The van der Waals surface area contributed by atoms with Crippen molar-refractivity contribution < 1.29 is 19.0 Å². The predicted molar refractivity (Wildman–Crippen MR) is 131 cm³/mol. The number of nitrogens with zero attached hydrogens (tertiary/aromatic N) is 1. The van der Waals surface area contributed by atoms with Crippen LogP contribution in [0.2, 0.25) is 0 Å². The predicted octanol–water partition coefficient (Wildman–Crippen LogP) is 4.69. The van der Waals surface area contributed by atoms with Crippen molar-refractivity contribution in [3.63, 3.8) is 0 Å². The summed E-state index contributed by atoms with van der Waals surface area (Å²) < 4.78 is 16.9. The highest BCUT2D eigenvalue weighted by molar-refractivity contribution is 7.18. The maximum atomic E-state index is 13.4. The highest BCUT2D eigenvalue weighted by atomic mass is 32.1. The third-order valence-corrected chi connectivity index (χ3v) is 7.20. The van der Waals surface area contributed by atoms with Crippen LogP contribution in [0.3, 0.4) is 0 Å². The van der Waals surface area contributed by atoms with E-state index in [0.717, 1.165) is 46.3 Å². The van der Waals surface area contributed by atoms with E-state index in [0.29, 0.717) is 31.3 Å². The van der Waals surface area contributed by atoms with Crippen LogP contribution in [0.1, 0.15) is 29.1 Å². The molecule has 0 spiro atoms. The molecule has 1 amide bonds. The Balaban J connectivity index is 1.42. The van der Waals surface area contributed by atoms with Crippen LogP contribution in [-0.4, -0.2) is 45.4 Å². The molecule has 0 radical (unpaired) electrons. The van der Waals surface area contributed by atoms with Crippen molar-refractivity contribution in [1.29, 1.82) is 0 Å². The number of morpholine rings is 1. The summed E-state index contributed by atoms with van der Waals surface area (Å²) in [5, 5.41) is 4.34. The number of carbonyl (C=O) groups is 1. The fraction of sp³-hybridized carbons (Fsp3) is 0.346. The van der Waals surface area contributed by atoms with Gasteiger partial charge in [0.1, 0.15) is 13.2 Å². The first kappa shape index (κ1) is 21.8. The van der Waals surface area contributed by atoms with E-state index in [4.69, 9.17) is 14.2 Å². The van der Waals surface area contributed by atoms with Gasteiger partial charge in [0, 0.05) is 18.7 Å². The number of carbonyl (C=O) groups excluding carboxylic acids is 1. The van der Waals surface area contributed by atoms with Crippen molar-refractivity contribution in [2.45, 2.75) is 19.4 Å². The molecule has 6 nitrogen and oxygen atoms in total. The van der Waals surface area contributed by atoms with Gasteiger partial charge in [-0.15, -0.1) is 11.3 Å². The molecule has 0 atom stereocenters. The molecule has 0 aliphatic carbocycles. The van der Waals surface area contributed by atoms with Gasteiger partial charge in [-0.1, -0.05) is 36.4 Å². The van der Waals surface area contributed by atoms with Gasteiger partial charge in [0.25, 0.3) is 5.91 Å². The minimum absolute atomic E-state index is 0.0865. The van der Waals surface area contributed by atoms with E-state index in [1.807, 2.05) is 56.3 Å². The van der Waals surface area contributed by atoms with E-state index in [9.17, 15) is 4.79 Å². The van der Waals surface area contributed by atoms with Crippen LogP contribution >= 0.6 is 11.3 Å². The molecular weight excluding hydrogens is 436 g/mol. The zero-order valence-corrected chi connectivity index (χ0v) is 19.7. The van der Waals surface area contributed by atoms with Crippen LogP contribution in [0.4, 0.5) is 5.00 Å². The summed E-state index contributed by atoms with van der Waals surface area (Å²) >= 11 is 1.54. The molecule has 1 fully saturated rings. The first-order chi connectivity index (χ1) is 16.0. The summed E-state index contributed by atoms with van der Waals surface area (Å²) in [4.78, 5) is 16.4. The lowest BCUT2D eigenvalue weighted by molar-refractivity contribution is 0.0916. The highest BCUT2D eigenvalue weighted by Crippen LogP contribution is 2.40. The summed E-state index contributed by atoms with van der Waals surface area (Å²) in [6, 6.07) is 18.1. The van der Waals surface area contributed by atoms with E-state index in [1.54, 1.807) is 11.3 Å². The number of hydrogen-bond donors (Lipinski definition) is 1. The van der Waals surface area contributed by atoms with Gasteiger partial charge in [-0.25, -0.2) is 0 Å². The van der Waals surface area contributed by atoms with Gasteiger partial charge in [0.15, 0.2) is 11.5 Å². The number of fused-ring (bicyclic) bond motifs is 1. The maximum absolute atomic E-state index is 13.4. The highest BCUT2D eigenvalue weighted by Gasteiger charge is 2.28. The molecule has 1 aromatic heterocycles. The molecule has 1 saturated heterocycles. The van der Waals surface area contributed by atoms with Crippen molar-refractivity contribution in [3.05, 3.63) is 65.0 Å². The van der Waals surface area contributed by atoms with Crippen LogP contribution in [0.25, 0.3) is 11.1 Å². The first-order valence-electron chi connectivity index (χ1n) is 11.3. The number of anilines is 1. The van der Waals surface area contributed by atoms with Crippen LogP contribution in [0, 0.1) is 0 Å². The number of rotatable bonds is 5. The van der Waals surface area contributed by atoms with E-state index >= 15 is 0 Å².